The Hall–Kier alpha value is -6.65. The summed E-state index contributed by atoms with van der Waals surface area (Å²) in [5.41, 5.74) is -2.15. The number of rotatable bonds is 18. The van der Waals surface area contributed by atoms with E-state index < -0.39 is 68.8 Å². The summed E-state index contributed by atoms with van der Waals surface area (Å²) in [4.78, 5) is 91.3. The van der Waals surface area contributed by atoms with Crippen LogP contribution in [0.3, 0.4) is 0 Å². The number of oxime groups is 1. The maximum absolute atomic E-state index is 14.6. The van der Waals surface area contributed by atoms with Gasteiger partial charge < -0.3 is 30.4 Å². The maximum Gasteiger partial charge on any atom is 0.361 e. The van der Waals surface area contributed by atoms with Gasteiger partial charge in [-0.1, -0.05) is 138 Å². The fourth-order valence-electron chi connectivity index (χ4n) is 7.50. The minimum atomic E-state index is -1.42. The Labute approximate surface area is 415 Å². The van der Waals surface area contributed by atoms with E-state index in [1.54, 1.807) is 50.4 Å². The summed E-state index contributed by atoms with van der Waals surface area (Å²) in [5, 5.41) is 31.7. The van der Waals surface area contributed by atoms with Crippen molar-refractivity contribution in [2.45, 2.75) is 57.9 Å². The number of esters is 1. The summed E-state index contributed by atoms with van der Waals surface area (Å²) in [7, 11) is 0. The summed E-state index contributed by atoms with van der Waals surface area (Å²) in [6, 6.07) is 37.2. The number of β-lactam (4-membered cyclic amide) rings is 1. The first kappa shape index (κ1) is 48.8. The molecule has 2 amide bonds. The lowest BCUT2D eigenvalue weighted by molar-refractivity contribution is -0.162. The molecule has 4 aromatic carbocycles. The highest BCUT2D eigenvalue weighted by atomic mass is 32.2. The van der Waals surface area contributed by atoms with Crippen LogP contribution in [0.25, 0.3) is 0 Å². The summed E-state index contributed by atoms with van der Waals surface area (Å²) in [5.74, 6) is -5.11. The van der Waals surface area contributed by atoms with Gasteiger partial charge in [0, 0.05) is 21.8 Å². The fraction of sp³-hybridized carbons (Fsp3) is 0.208. The van der Waals surface area contributed by atoms with Crippen LogP contribution in [0, 0.1) is 0 Å². The molecule has 6 aromatic rings. The SMILES string of the molecule is CC(C)(C)OC(=O)[C@H](ON=C(C(=O)N[C@@H]1C(=O)N2C(C(=O)O)=C(CSc3s[nH]c(=O)c3C(=O)O)CS[C@@H]12)c1csc(NC(c2ccccc2)(c2ccccc2)c2ccccc2)n1)Sc1ccccc1. The van der Waals surface area contributed by atoms with E-state index >= 15 is 0 Å². The third kappa shape index (κ3) is 10.7. The summed E-state index contributed by atoms with van der Waals surface area (Å²) in [6.07, 6.45) is 0. The lowest BCUT2D eigenvalue weighted by Gasteiger charge is -2.49. The molecule has 21 heteroatoms. The van der Waals surface area contributed by atoms with Crippen molar-refractivity contribution < 1.29 is 43.8 Å². The molecule has 1 saturated heterocycles. The normalized spacial score (nSPS) is 16.5. The monoisotopic (exact) mass is 1020 g/mol. The zero-order chi connectivity index (χ0) is 48.9. The van der Waals surface area contributed by atoms with Crippen LogP contribution in [-0.4, -0.2) is 93.9 Å². The lowest BCUT2D eigenvalue weighted by Crippen LogP contribution is -2.71. The lowest BCUT2D eigenvalue weighted by atomic mass is 9.77. The highest BCUT2D eigenvalue weighted by Crippen LogP contribution is 2.43. The number of nitrogens with one attached hydrogen (secondary N) is 3. The standard InChI is InChI=1S/C48H42N6O10S5/c1-47(2,3)63-43(62)44(68-31-22-14-7-15-23-31)64-52-34(32-26-67-46(49-32)51-48(28-16-8-4-9-17-28,29-18-10-5-11-19-29)30-20-12-6-13-21-30)38(56)50-35-39(57)54-36(42(60)61)27(24-65-40(35)54)25-66-45-33(41(58)59)37(55)53-69-45/h4-23,26,35,40,44H,24-25H2,1-3H3,(H,49,51)(H,50,56)(H,53,55)(H,58,59)(H,60,61)/t35-,40+,44-/m1/s1. The number of ether oxygens (including phenoxy) is 1. The highest BCUT2D eigenvalue weighted by molar-refractivity contribution is 8.02. The number of thioether (sulfide) groups is 3. The molecule has 3 atom stereocenters. The van der Waals surface area contributed by atoms with E-state index in [0.717, 1.165) is 56.6 Å². The maximum atomic E-state index is 14.6. The fourth-order valence-corrected chi connectivity index (χ4v) is 12.5. The molecule has 354 valence electrons. The molecule has 2 aromatic heterocycles. The van der Waals surface area contributed by atoms with E-state index in [1.165, 1.54) is 23.1 Å². The molecule has 0 radical (unpaired) electrons. The van der Waals surface area contributed by atoms with Gasteiger partial charge in [0.15, 0.2) is 16.4 Å². The van der Waals surface area contributed by atoms with Crippen molar-refractivity contribution in [3.05, 3.63) is 176 Å². The number of hydrogen-bond donors (Lipinski definition) is 5. The van der Waals surface area contributed by atoms with Gasteiger partial charge in [-0.3, -0.25) is 23.7 Å². The quantitative estimate of drug-likeness (QED) is 0.0106. The average molecular weight is 1020 g/mol. The number of benzene rings is 4. The summed E-state index contributed by atoms with van der Waals surface area (Å²) >= 11 is 5.18. The number of carboxylic acids is 2. The van der Waals surface area contributed by atoms with E-state index in [1.807, 2.05) is 97.1 Å². The number of carbonyl (C=O) groups excluding carboxylic acids is 3. The first-order valence-corrected chi connectivity index (χ1v) is 25.6. The van der Waals surface area contributed by atoms with E-state index in [2.05, 4.69) is 20.2 Å². The van der Waals surface area contributed by atoms with E-state index in [-0.39, 0.29) is 32.8 Å². The van der Waals surface area contributed by atoms with Crippen LogP contribution in [0.2, 0.25) is 0 Å². The average Bonchev–Trinajstić information content (AvgIpc) is 3.97. The zero-order valence-corrected chi connectivity index (χ0v) is 40.9. The predicted octanol–water partition coefficient (Wildman–Crippen LogP) is 7.71. The van der Waals surface area contributed by atoms with Gasteiger partial charge in [0.2, 0.25) is 0 Å². The molecular weight excluding hydrogens is 981 g/mol. The number of aromatic amines is 1. The van der Waals surface area contributed by atoms with Crippen LogP contribution in [0.4, 0.5) is 5.13 Å². The Balaban J connectivity index is 1.13. The number of hydrogen-bond acceptors (Lipinski definition) is 16. The van der Waals surface area contributed by atoms with Crippen molar-refractivity contribution in [3.63, 3.8) is 0 Å². The number of fused-ring (bicyclic) bond motifs is 1. The van der Waals surface area contributed by atoms with E-state index in [0.29, 0.717) is 15.6 Å². The van der Waals surface area contributed by atoms with Gasteiger partial charge in [0.05, 0.1) is 4.21 Å². The van der Waals surface area contributed by atoms with Crippen LogP contribution >= 0.6 is 58.2 Å². The van der Waals surface area contributed by atoms with Crippen molar-refractivity contribution >= 4 is 98.7 Å². The second-order valence-corrected chi connectivity index (χ2v) is 21.4. The van der Waals surface area contributed by atoms with Gasteiger partial charge in [0.25, 0.3) is 22.8 Å². The zero-order valence-electron chi connectivity index (χ0n) is 36.8. The van der Waals surface area contributed by atoms with Crippen molar-refractivity contribution in [1.29, 1.82) is 0 Å². The molecule has 8 rings (SSSR count). The van der Waals surface area contributed by atoms with Crippen LogP contribution in [0.1, 0.15) is 53.5 Å². The van der Waals surface area contributed by atoms with Crippen LogP contribution in [-0.2, 0) is 34.3 Å². The number of amides is 2. The largest absolute Gasteiger partial charge is 0.477 e. The smallest absolute Gasteiger partial charge is 0.361 e. The highest BCUT2D eigenvalue weighted by Gasteiger charge is 2.54. The van der Waals surface area contributed by atoms with Crippen LogP contribution in [0.5, 0.6) is 0 Å². The van der Waals surface area contributed by atoms with Gasteiger partial charge in [0.1, 0.15) is 33.9 Å². The van der Waals surface area contributed by atoms with Gasteiger partial charge in [-0.05, 0) is 55.2 Å². The molecule has 0 aliphatic carbocycles. The number of aromatic carboxylic acids is 1. The van der Waals surface area contributed by atoms with Crippen molar-refractivity contribution in [2.24, 2.45) is 5.16 Å². The summed E-state index contributed by atoms with van der Waals surface area (Å²) < 4.78 is 8.24. The number of thiazole rings is 1. The molecule has 16 nitrogen and oxygen atoms in total. The molecule has 0 spiro atoms. The van der Waals surface area contributed by atoms with Crippen LogP contribution in [0.15, 0.2) is 157 Å². The number of aliphatic carboxylic acids is 1. The molecule has 1 fully saturated rings. The minimum Gasteiger partial charge on any atom is -0.477 e. The Kier molecular flexibility index (Phi) is 14.8. The molecule has 0 unspecified atom stereocenters. The van der Waals surface area contributed by atoms with Gasteiger partial charge in [-0.15, -0.1) is 34.9 Å². The molecule has 0 saturated carbocycles. The second kappa shape index (κ2) is 20.9. The molecule has 5 N–H and O–H groups in total. The van der Waals surface area contributed by atoms with Crippen molar-refractivity contribution in [3.8, 4) is 0 Å². The first-order chi connectivity index (χ1) is 33.1. The molecule has 4 heterocycles. The van der Waals surface area contributed by atoms with Crippen LogP contribution < -0.4 is 16.2 Å². The topological polar surface area (TPSA) is 230 Å². The third-order valence-electron chi connectivity index (χ3n) is 10.5. The number of aromatic nitrogens is 2. The molecule has 69 heavy (non-hydrogen) atoms. The van der Waals surface area contributed by atoms with Crippen molar-refractivity contribution in [2.75, 3.05) is 16.8 Å². The van der Waals surface area contributed by atoms with E-state index in [9.17, 15) is 39.0 Å². The number of anilines is 1. The Morgan fingerprint density at radius 1 is 0.870 bits per heavy atom. The van der Waals surface area contributed by atoms with Gasteiger partial charge in [-0.25, -0.2) is 19.4 Å². The molecule has 2 aliphatic rings. The van der Waals surface area contributed by atoms with Gasteiger partial charge >= 0.3 is 17.9 Å². The Bertz CT molecular complexity index is 2900. The number of carboxylic acid groups (broad SMARTS) is 2. The minimum absolute atomic E-state index is 0.0233. The molecular formula is C48H42N6O10S5. The predicted molar refractivity (Wildman–Crippen MR) is 267 cm³/mol. The number of carbonyl (C=O) groups is 5. The van der Waals surface area contributed by atoms with E-state index in [4.69, 9.17) is 14.6 Å². The third-order valence-corrected chi connectivity index (χ3v) is 15.9. The molecule has 0 bridgehead atoms. The van der Waals surface area contributed by atoms with Crippen molar-refractivity contribution in [1.82, 2.24) is 19.6 Å². The second-order valence-electron chi connectivity index (χ2n) is 16.3. The number of nitrogens with zero attached hydrogens (tertiary/aromatic N) is 3. The number of H-pyrrole nitrogens is 1. The summed E-state index contributed by atoms with van der Waals surface area (Å²) in [6.45, 7) is 5.12. The van der Waals surface area contributed by atoms with Gasteiger partial charge in [-0.2, -0.15) is 0 Å². The Morgan fingerprint density at radius 2 is 1.45 bits per heavy atom. The first-order valence-electron chi connectivity index (χ1n) is 21.0. The Morgan fingerprint density at radius 3 is 2.00 bits per heavy atom. The molecule has 2 aliphatic heterocycles.